The fourth-order valence-electron chi connectivity index (χ4n) is 0.829. The van der Waals surface area contributed by atoms with Gasteiger partial charge in [-0.1, -0.05) is 0 Å². The van der Waals surface area contributed by atoms with Crippen LogP contribution in [0.4, 0.5) is 0 Å². The van der Waals surface area contributed by atoms with Crippen molar-refractivity contribution in [3.63, 3.8) is 0 Å². The number of benzene rings is 1. The molecule has 0 aliphatic rings. The average Bonchev–Trinajstić information content (AvgIpc) is 2.09. The summed E-state index contributed by atoms with van der Waals surface area (Å²) in [7, 11) is 1.46. The maximum atomic E-state index is 10.4. The number of aldehydes is 1. The molecule has 1 aromatic carbocycles. The van der Waals surface area contributed by atoms with E-state index >= 15 is 0 Å². The number of phenolic OH excluding ortho intramolecular Hbond substituents is 1. The molecule has 3 nitrogen and oxygen atoms in total. The van der Waals surface area contributed by atoms with Crippen molar-refractivity contribution in [1.29, 1.82) is 0 Å². The van der Waals surface area contributed by atoms with Gasteiger partial charge in [0, 0.05) is 0 Å². The number of hydrogen-bond acceptors (Lipinski definition) is 3. The molecular formula is C8H7BrO3. The van der Waals surface area contributed by atoms with E-state index in [9.17, 15) is 9.90 Å². The Balaban J connectivity index is 3.28. The fraction of sp³-hybridized carbons (Fsp3) is 0.125. The Labute approximate surface area is 78.1 Å². The Bertz CT molecular complexity index is 309. The Morgan fingerprint density at radius 2 is 2.25 bits per heavy atom. The third-order valence-electron chi connectivity index (χ3n) is 1.43. The van der Waals surface area contributed by atoms with Gasteiger partial charge in [0.25, 0.3) is 0 Å². The van der Waals surface area contributed by atoms with Gasteiger partial charge in [0.2, 0.25) is 0 Å². The molecule has 0 aliphatic heterocycles. The molecule has 0 saturated carbocycles. The summed E-state index contributed by atoms with van der Waals surface area (Å²) < 4.78 is 5.40. The number of aromatic hydroxyl groups is 1. The van der Waals surface area contributed by atoms with Crippen LogP contribution in [0.15, 0.2) is 16.6 Å². The molecule has 1 aromatic rings. The van der Waals surface area contributed by atoms with Gasteiger partial charge in [0.1, 0.15) is 11.5 Å². The van der Waals surface area contributed by atoms with Crippen LogP contribution in [0.25, 0.3) is 0 Å². The van der Waals surface area contributed by atoms with Gasteiger partial charge in [-0.05, 0) is 28.1 Å². The highest BCUT2D eigenvalue weighted by Gasteiger charge is 2.06. The summed E-state index contributed by atoms with van der Waals surface area (Å²) in [4.78, 5) is 10.4. The zero-order chi connectivity index (χ0) is 9.14. The van der Waals surface area contributed by atoms with E-state index in [4.69, 9.17) is 4.74 Å². The van der Waals surface area contributed by atoms with Crippen LogP contribution >= 0.6 is 15.9 Å². The van der Waals surface area contributed by atoms with E-state index in [0.29, 0.717) is 22.1 Å². The molecule has 0 bridgehead atoms. The van der Waals surface area contributed by atoms with Crippen LogP contribution in [0.3, 0.4) is 0 Å². The molecule has 0 amide bonds. The first-order valence-corrected chi connectivity index (χ1v) is 4.00. The zero-order valence-electron chi connectivity index (χ0n) is 6.37. The van der Waals surface area contributed by atoms with Crippen molar-refractivity contribution < 1.29 is 14.6 Å². The third kappa shape index (κ3) is 1.58. The minimum Gasteiger partial charge on any atom is -0.507 e. The Kier molecular flexibility index (Phi) is 2.70. The molecule has 64 valence electrons. The standard InChI is InChI=1S/C8H7BrO3/c1-12-8-3-6(9)7(11)2-5(8)4-10/h2-4,11H,1H3. The Hall–Kier alpha value is -1.03. The van der Waals surface area contributed by atoms with E-state index in [1.165, 1.54) is 13.2 Å². The first-order chi connectivity index (χ1) is 5.69. The summed E-state index contributed by atoms with van der Waals surface area (Å²) in [6.45, 7) is 0. The SMILES string of the molecule is COc1cc(Br)c(O)cc1C=O. The van der Waals surface area contributed by atoms with Crippen LogP contribution in [-0.4, -0.2) is 18.5 Å². The number of halogens is 1. The van der Waals surface area contributed by atoms with E-state index in [1.54, 1.807) is 6.07 Å². The quantitative estimate of drug-likeness (QED) is 0.791. The predicted molar refractivity (Wildman–Crippen MR) is 47.7 cm³/mol. The van der Waals surface area contributed by atoms with E-state index in [-0.39, 0.29) is 5.75 Å². The van der Waals surface area contributed by atoms with Crippen molar-refractivity contribution in [1.82, 2.24) is 0 Å². The lowest BCUT2D eigenvalue weighted by molar-refractivity contribution is 0.112. The lowest BCUT2D eigenvalue weighted by Crippen LogP contribution is -1.90. The van der Waals surface area contributed by atoms with E-state index < -0.39 is 0 Å². The monoisotopic (exact) mass is 230 g/mol. The molecule has 0 aromatic heterocycles. The lowest BCUT2D eigenvalue weighted by Gasteiger charge is -2.04. The van der Waals surface area contributed by atoms with Crippen molar-refractivity contribution in [2.75, 3.05) is 7.11 Å². The highest BCUT2D eigenvalue weighted by atomic mass is 79.9. The Morgan fingerprint density at radius 1 is 1.58 bits per heavy atom. The van der Waals surface area contributed by atoms with Crippen LogP contribution in [-0.2, 0) is 0 Å². The zero-order valence-corrected chi connectivity index (χ0v) is 7.96. The summed E-state index contributed by atoms with van der Waals surface area (Å²) in [5.74, 6) is 0.465. The molecule has 1 N–H and O–H groups in total. The van der Waals surface area contributed by atoms with Gasteiger partial charge in [-0.3, -0.25) is 4.79 Å². The molecule has 12 heavy (non-hydrogen) atoms. The second-order valence-corrected chi connectivity index (χ2v) is 3.02. The second-order valence-electron chi connectivity index (χ2n) is 2.16. The smallest absolute Gasteiger partial charge is 0.153 e. The molecular weight excluding hydrogens is 224 g/mol. The predicted octanol–water partition coefficient (Wildman–Crippen LogP) is 1.98. The normalized spacial score (nSPS) is 9.50. The first kappa shape index (κ1) is 9.06. The van der Waals surface area contributed by atoms with Crippen LogP contribution in [0.5, 0.6) is 11.5 Å². The summed E-state index contributed by atoms with van der Waals surface area (Å²) in [6.07, 6.45) is 0.630. The maximum Gasteiger partial charge on any atom is 0.153 e. The molecule has 0 saturated heterocycles. The number of carbonyl (C=O) groups excluding carboxylic acids is 1. The Morgan fingerprint density at radius 3 is 2.75 bits per heavy atom. The molecule has 0 atom stereocenters. The van der Waals surface area contributed by atoms with Crippen LogP contribution < -0.4 is 4.74 Å². The number of methoxy groups -OCH3 is 1. The van der Waals surface area contributed by atoms with Crippen LogP contribution in [0.2, 0.25) is 0 Å². The van der Waals surface area contributed by atoms with Crippen LogP contribution in [0, 0.1) is 0 Å². The largest absolute Gasteiger partial charge is 0.507 e. The molecule has 0 heterocycles. The van der Waals surface area contributed by atoms with Crippen LogP contribution in [0.1, 0.15) is 10.4 Å². The topological polar surface area (TPSA) is 46.5 Å². The number of phenols is 1. The van der Waals surface area contributed by atoms with Crippen molar-refractivity contribution in [3.05, 3.63) is 22.2 Å². The molecule has 0 aliphatic carbocycles. The summed E-state index contributed by atoms with van der Waals surface area (Å²) in [5.41, 5.74) is 0.332. The fourth-order valence-corrected chi connectivity index (χ4v) is 1.15. The first-order valence-electron chi connectivity index (χ1n) is 3.20. The van der Waals surface area contributed by atoms with Gasteiger partial charge in [-0.2, -0.15) is 0 Å². The van der Waals surface area contributed by atoms with Crippen molar-refractivity contribution >= 4 is 22.2 Å². The second kappa shape index (κ2) is 3.58. The van der Waals surface area contributed by atoms with Crippen molar-refractivity contribution in [3.8, 4) is 11.5 Å². The minimum absolute atomic E-state index is 0.0258. The maximum absolute atomic E-state index is 10.4. The molecule has 4 heteroatoms. The number of carbonyl (C=O) groups is 1. The van der Waals surface area contributed by atoms with E-state index in [1.807, 2.05) is 0 Å². The minimum atomic E-state index is 0.0258. The number of rotatable bonds is 2. The van der Waals surface area contributed by atoms with Gasteiger partial charge < -0.3 is 9.84 Å². The molecule has 1 rings (SSSR count). The number of hydrogen-bond donors (Lipinski definition) is 1. The molecule has 0 fully saturated rings. The van der Waals surface area contributed by atoms with Gasteiger partial charge in [0.05, 0.1) is 17.1 Å². The van der Waals surface area contributed by atoms with E-state index in [2.05, 4.69) is 15.9 Å². The van der Waals surface area contributed by atoms with Gasteiger partial charge in [-0.15, -0.1) is 0 Å². The summed E-state index contributed by atoms with van der Waals surface area (Å²) in [5, 5.41) is 9.19. The van der Waals surface area contributed by atoms with Gasteiger partial charge in [0.15, 0.2) is 6.29 Å². The number of ether oxygens (including phenoxy) is 1. The highest BCUT2D eigenvalue weighted by molar-refractivity contribution is 9.10. The third-order valence-corrected chi connectivity index (χ3v) is 2.06. The molecule has 0 unspecified atom stereocenters. The highest BCUT2D eigenvalue weighted by Crippen LogP contribution is 2.30. The van der Waals surface area contributed by atoms with Gasteiger partial charge >= 0.3 is 0 Å². The summed E-state index contributed by atoms with van der Waals surface area (Å²) >= 11 is 3.10. The van der Waals surface area contributed by atoms with E-state index in [0.717, 1.165) is 0 Å². The van der Waals surface area contributed by atoms with Crippen molar-refractivity contribution in [2.24, 2.45) is 0 Å². The average molecular weight is 231 g/mol. The molecule has 0 radical (unpaired) electrons. The summed E-state index contributed by atoms with van der Waals surface area (Å²) in [6, 6.07) is 2.88. The molecule has 0 spiro atoms. The lowest BCUT2D eigenvalue weighted by atomic mass is 10.2. The van der Waals surface area contributed by atoms with Gasteiger partial charge in [-0.25, -0.2) is 0 Å². The van der Waals surface area contributed by atoms with Crippen molar-refractivity contribution in [2.45, 2.75) is 0 Å².